The molecule has 0 atom stereocenters. The minimum Gasteiger partial charge on any atom is -0.240 e. The predicted molar refractivity (Wildman–Crippen MR) is 69.7 cm³/mol. The lowest BCUT2D eigenvalue weighted by Crippen LogP contribution is -1.95. The highest BCUT2D eigenvalue weighted by molar-refractivity contribution is 5.81. The Hall–Kier alpha value is -1.44. The molecule has 1 heterocycles. The zero-order valence-electron chi connectivity index (χ0n) is 10.8. The SMILES string of the molecule is CC.Cc1ccc2c(C(C)C)ncnc2c1. The Bertz CT molecular complexity index is 461. The van der Waals surface area contributed by atoms with Crippen LogP contribution < -0.4 is 0 Å². The van der Waals surface area contributed by atoms with Crippen molar-refractivity contribution in [2.75, 3.05) is 0 Å². The molecule has 0 radical (unpaired) electrons. The van der Waals surface area contributed by atoms with E-state index in [0.29, 0.717) is 5.92 Å². The summed E-state index contributed by atoms with van der Waals surface area (Å²) in [5.74, 6) is 0.447. The Morgan fingerprint density at radius 3 is 2.38 bits per heavy atom. The van der Waals surface area contributed by atoms with Gasteiger partial charge in [-0.2, -0.15) is 0 Å². The molecule has 1 aromatic heterocycles. The van der Waals surface area contributed by atoms with Crippen molar-refractivity contribution < 1.29 is 0 Å². The fourth-order valence-corrected chi connectivity index (χ4v) is 1.65. The zero-order chi connectivity index (χ0) is 12.1. The van der Waals surface area contributed by atoms with Crippen LogP contribution in [0.15, 0.2) is 24.5 Å². The Labute approximate surface area is 97.7 Å². The van der Waals surface area contributed by atoms with Crippen molar-refractivity contribution in [3.05, 3.63) is 35.8 Å². The van der Waals surface area contributed by atoms with E-state index in [-0.39, 0.29) is 0 Å². The molecular weight excluding hydrogens is 196 g/mol. The van der Waals surface area contributed by atoms with Gasteiger partial charge in [0.1, 0.15) is 6.33 Å². The highest BCUT2D eigenvalue weighted by Gasteiger charge is 2.06. The molecule has 0 aliphatic heterocycles. The quantitative estimate of drug-likeness (QED) is 0.717. The first-order valence-corrected chi connectivity index (χ1v) is 5.90. The van der Waals surface area contributed by atoms with Crippen molar-refractivity contribution >= 4 is 10.9 Å². The van der Waals surface area contributed by atoms with Gasteiger partial charge < -0.3 is 0 Å². The topological polar surface area (TPSA) is 25.8 Å². The van der Waals surface area contributed by atoms with E-state index >= 15 is 0 Å². The highest BCUT2D eigenvalue weighted by atomic mass is 14.8. The zero-order valence-corrected chi connectivity index (χ0v) is 10.8. The molecule has 0 N–H and O–H groups in total. The van der Waals surface area contributed by atoms with Crippen LogP contribution in [-0.4, -0.2) is 9.97 Å². The summed E-state index contributed by atoms with van der Waals surface area (Å²) in [6.45, 7) is 10.4. The lowest BCUT2D eigenvalue weighted by molar-refractivity contribution is 0.828. The van der Waals surface area contributed by atoms with Crippen LogP contribution in [0, 0.1) is 6.92 Å². The number of aryl methyl sites for hydroxylation is 1. The van der Waals surface area contributed by atoms with Crippen LogP contribution in [0.1, 0.15) is 44.9 Å². The second kappa shape index (κ2) is 5.59. The lowest BCUT2D eigenvalue weighted by Gasteiger charge is -2.07. The van der Waals surface area contributed by atoms with E-state index in [1.807, 2.05) is 13.8 Å². The van der Waals surface area contributed by atoms with Crippen LogP contribution in [-0.2, 0) is 0 Å². The number of aromatic nitrogens is 2. The number of nitrogens with zero attached hydrogens (tertiary/aromatic N) is 2. The van der Waals surface area contributed by atoms with Gasteiger partial charge in [-0.3, -0.25) is 0 Å². The summed E-state index contributed by atoms with van der Waals surface area (Å²) in [5, 5.41) is 1.17. The molecule has 1 aromatic carbocycles. The van der Waals surface area contributed by atoms with E-state index in [1.165, 1.54) is 10.9 Å². The molecule has 0 saturated carbocycles. The molecule has 2 nitrogen and oxygen atoms in total. The lowest BCUT2D eigenvalue weighted by atomic mass is 10.0. The summed E-state index contributed by atoms with van der Waals surface area (Å²) >= 11 is 0. The number of benzene rings is 1. The van der Waals surface area contributed by atoms with Gasteiger partial charge in [-0.1, -0.05) is 39.8 Å². The third-order valence-corrected chi connectivity index (χ3v) is 2.37. The largest absolute Gasteiger partial charge is 0.240 e. The maximum atomic E-state index is 4.32. The van der Waals surface area contributed by atoms with Crippen LogP contribution >= 0.6 is 0 Å². The molecule has 0 bridgehead atoms. The molecule has 0 spiro atoms. The van der Waals surface area contributed by atoms with Crippen molar-refractivity contribution in [1.29, 1.82) is 0 Å². The van der Waals surface area contributed by atoms with Crippen LogP contribution in [0.4, 0.5) is 0 Å². The number of hydrogen-bond acceptors (Lipinski definition) is 2. The number of hydrogen-bond donors (Lipinski definition) is 0. The van der Waals surface area contributed by atoms with Gasteiger partial charge in [0.25, 0.3) is 0 Å². The molecule has 2 aromatic rings. The fourth-order valence-electron chi connectivity index (χ4n) is 1.65. The summed E-state index contributed by atoms with van der Waals surface area (Å²) < 4.78 is 0. The molecule has 0 amide bonds. The van der Waals surface area contributed by atoms with Crippen molar-refractivity contribution in [1.82, 2.24) is 9.97 Å². The highest BCUT2D eigenvalue weighted by Crippen LogP contribution is 2.21. The molecule has 0 aliphatic rings. The van der Waals surface area contributed by atoms with E-state index in [4.69, 9.17) is 0 Å². The first kappa shape index (κ1) is 12.6. The van der Waals surface area contributed by atoms with Crippen LogP contribution in [0.2, 0.25) is 0 Å². The van der Waals surface area contributed by atoms with Gasteiger partial charge >= 0.3 is 0 Å². The van der Waals surface area contributed by atoms with Crippen molar-refractivity contribution in [2.24, 2.45) is 0 Å². The third kappa shape index (κ3) is 2.57. The van der Waals surface area contributed by atoms with Gasteiger partial charge in [-0.15, -0.1) is 0 Å². The number of rotatable bonds is 1. The molecule has 0 fully saturated rings. The molecule has 0 aliphatic carbocycles. The van der Waals surface area contributed by atoms with Crippen molar-refractivity contribution in [3.8, 4) is 0 Å². The van der Waals surface area contributed by atoms with E-state index in [1.54, 1.807) is 6.33 Å². The molecule has 86 valence electrons. The third-order valence-electron chi connectivity index (χ3n) is 2.37. The monoisotopic (exact) mass is 216 g/mol. The van der Waals surface area contributed by atoms with Crippen LogP contribution in [0.5, 0.6) is 0 Å². The van der Waals surface area contributed by atoms with Gasteiger partial charge in [-0.05, 0) is 24.5 Å². The van der Waals surface area contributed by atoms with E-state index < -0.39 is 0 Å². The first-order valence-electron chi connectivity index (χ1n) is 5.90. The van der Waals surface area contributed by atoms with Gasteiger partial charge in [0.05, 0.1) is 11.2 Å². The molecule has 2 heteroatoms. The van der Waals surface area contributed by atoms with Gasteiger partial charge in [-0.25, -0.2) is 9.97 Å². The minimum atomic E-state index is 0.447. The average Bonchev–Trinajstić information content (AvgIpc) is 2.30. The Morgan fingerprint density at radius 2 is 1.75 bits per heavy atom. The van der Waals surface area contributed by atoms with Gasteiger partial charge in [0.2, 0.25) is 0 Å². The van der Waals surface area contributed by atoms with Gasteiger partial charge in [0, 0.05) is 5.39 Å². The first-order chi connectivity index (χ1) is 7.68. The Balaban J connectivity index is 0.000000606. The van der Waals surface area contributed by atoms with E-state index in [2.05, 4.69) is 48.9 Å². The minimum absolute atomic E-state index is 0.447. The molecule has 2 rings (SSSR count). The molecule has 16 heavy (non-hydrogen) atoms. The van der Waals surface area contributed by atoms with Crippen molar-refractivity contribution in [3.63, 3.8) is 0 Å². The summed E-state index contributed by atoms with van der Waals surface area (Å²) in [4.78, 5) is 8.60. The summed E-state index contributed by atoms with van der Waals surface area (Å²) in [6.07, 6.45) is 1.65. The standard InChI is InChI=1S/C12H14N2.C2H6/c1-8(2)12-10-5-4-9(3)6-11(10)13-7-14-12;1-2/h4-8H,1-3H3;1-2H3. The van der Waals surface area contributed by atoms with Crippen LogP contribution in [0.3, 0.4) is 0 Å². The Morgan fingerprint density at radius 1 is 1.06 bits per heavy atom. The second-order valence-corrected chi connectivity index (χ2v) is 3.93. The molecule has 0 saturated heterocycles. The summed E-state index contributed by atoms with van der Waals surface area (Å²) in [6, 6.07) is 6.32. The average molecular weight is 216 g/mol. The second-order valence-electron chi connectivity index (χ2n) is 3.93. The summed E-state index contributed by atoms with van der Waals surface area (Å²) in [5.41, 5.74) is 3.42. The normalized spacial score (nSPS) is 10.1. The van der Waals surface area contributed by atoms with E-state index in [0.717, 1.165) is 11.2 Å². The van der Waals surface area contributed by atoms with Gasteiger partial charge in [0.15, 0.2) is 0 Å². The Kier molecular flexibility index (Phi) is 4.41. The summed E-state index contributed by atoms with van der Waals surface area (Å²) in [7, 11) is 0. The smallest absolute Gasteiger partial charge is 0.116 e. The maximum Gasteiger partial charge on any atom is 0.116 e. The maximum absolute atomic E-state index is 4.32. The van der Waals surface area contributed by atoms with Crippen molar-refractivity contribution in [2.45, 2.75) is 40.5 Å². The molecule has 0 unspecified atom stereocenters. The fraction of sp³-hybridized carbons (Fsp3) is 0.429. The number of fused-ring (bicyclic) bond motifs is 1. The predicted octanol–water partition coefficient (Wildman–Crippen LogP) is 4.09. The van der Waals surface area contributed by atoms with E-state index in [9.17, 15) is 0 Å². The molecular formula is C14H20N2. The van der Waals surface area contributed by atoms with Crippen LogP contribution in [0.25, 0.3) is 10.9 Å².